The van der Waals surface area contributed by atoms with Crippen molar-refractivity contribution in [3.05, 3.63) is 29.8 Å². The van der Waals surface area contributed by atoms with Crippen LogP contribution >= 0.6 is 0 Å². The van der Waals surface area contributed by atoms with Gasteiger partial charge in [-0.3, -0.25) is 0 Å². The summed E-state index contributed by atoms with van der Waals surface area (Å²) >= 11 is 0. The second-order valence-electron chi connectivity index (χ2n) is 3.56. The summed E-state index contributed by atoms with van der Waals surface area (Å²) in [6.07, 6.45) is 0.245. The number of rotatable bonds is 5. The van der Waals surface area contributed by atoms with Crippen molar-refractivity contribution in [2.45, 2.75) is 25.2 Å². The molecule has 0 bridgehead atoms. The first-order valence-electron chi connectivity index (χ1n) is 4.86. The third-order valence-corrected chi connectivity index (χ3v) is 2.21. The second kappa shape index (κ2) is 5.70. The van der Waals surface area contributed by atoms with Gasteiger partial charge in [0.1, 0.15) is 5.75 Å². The van der Waals surface area contributed by atoms with E-state index in [-0.39, 0.29) is 11.8 Å². The van der Waals surface area contributed by atoms with Gasteiger partial charge in [-0.2, -0.15) is 0 Å². The van der Waals surface area contributed by atoms with Crippen LogP contribution < -0.4 is 5.73 Å². The summed E-state index contributed by atoms with van der Waals surface area (Å²) in [4.78, 5) is 0. The molecule has 1 rings (SSSR count). The number of aliphatic hydroxyl groups excluding tert-OH is 1. The minimum Gasteiger partial charge on any atom is -0.508 e. The summed E-state index contributed by atoms with van der Waals surface area (Å²) in [7, 11) is 1.44. The quantitative estimate of drug-likeness (QED) is 0.624. The number of hydrogen-bond acceptors (Lipinski definition) is 4. The van der Waals surface area contributed by atoms with Gasteiger partial charge in [-0.15, -0.1) is 0 Å². The molecule has 0 heterocycles. The van der Waals surface area contributed by atoms with Crippen LogP contribution in [0.4, 0.5) is 0 Å². The highest BCUT2D eigenvalue weighted by molar-refractivity contribution is 5.26. The van der Waals surface area contributed by atoms with Gasteiger partial charge in [-0.05, 0) is 24.1 Å². The first-order valence-corrected chi connectivity index (χ1v) is 4.86. The lowest BCUT2D eigenvalue weighted by Gasteiger charge is -2.15. The number of ether oxygens (including phenoxy) is 1. The SMILES string of the molecule is COC(O)C[C@@H](N)Cc1ccc(O)cc1. The maximum Gasteiger partial charge on any atom is 0.155 e. The topological polar surface area (TPSA) is 75.7 Å². The summed E-state index contributed by atoms with van der Waals surface area (Å²) in [5.41, 5.74) is 6.85. The molecule has 0 aliphatic rings. The highest BCUT2D eigenvalue weighted by atomic mass is 16.6. The number of phenols is 1. The molecule has 0 saturated carbocycles. The molecule has 0 spiro atoms. The van der Waals surface area contributed by atoms with E-state index in [1.807, 2.05) is 12.1 Å². The first kappa shape index (κ1) is 12.0. The number of methoxy groups -OCH3 is 1. The number of phenolic OH excluding ortho intramolecular Hbond substituents is 1. The standard InChI is InChI=1S/C11H17NO3/c1-15-11(14)7-9(12)6-8-2-4-10(13)5-3-8/h2-5,9,11,13-14H,6-7,12H2,1H3/t9-,11?/m0/s1. The molecular weight excluding hydrogens is 194 g/mol. The Balaban J connectivity index is 2.44. The fourth-order valence-corrected chi connectivity index (χ4v) is 1.37. The normalized spacial score (nSPS) is 14.9. The largest absolute Gasteiger partial charge is 0.508 e. The van der Waals surface area contributed by atoms with Gasteiger partial charge >= 0.3 is 0 Å². The number of benzene rings is 1. The van der Waals surface area contributed by atoms with E-state index in [4.69, 9.17) is 15.6 Å². The van der Waals surface area contributed by atoms with Gasteiger partial charge in [-0.1, -0.05) is 12.1 Å². The van der Waals surface area contributed by atoms with Gasteiger partial charge in [0.25, 0.3) is 0 Å². The molecule has 0 amide bonds. The van der Waals surface area contributed by atoms with Crippen LogP contribution in [0.1, 0.15) is 12.0 Å². The molecule has 0 aromatic heterocycles. The van der Waals surface area contributed by atoms with Crippen LogP contribution in [0.25, 0.3) is 0 Å². The monoisotopic (exact) mass is 211 g/mol. The van der Waals surface area contributed by atoms with Gasteiger partial charge in [-0.25, -0.2) is 0 Å². The zero-order chi connectivity index (χ0) is 11.3. The predicted molar refractivity (Wildman–Crippen MR) is 57.4 cm³/mol. The van der Waals surface area contributed by atoms with Gasteiger partial charge in [0.05, 0.1) is 0 Å². The van der Waals surface area contributed by atoms with Gasteiger partial charge in [0.15, 0.2) is 6.29 Å². The molecule has 0 aliphatic carbocycles. The second-order valence-corrected chi connectivity index (χ2v) is 3.56. The Labute approximate surface area is 89.3 Å². The van der Waals surface area contributed by atoms with E-state index >= 15 is 0 Å². The lowest BCUT2D eigenvalue weighted by atomic mass is 10.0. The summed E-state index contributed by atoms with van der Waals surface area (Å²) in [5, 5.41) is 18.3. The maximum absolute atomic E-state index is 9.21. The maximum atomic E-state index is 9.21. The summed E-state index contributed by atoms with van der Waals surface area (Å²) in [5.74, 6) is 0.240. The Morgan fingerprint density at radius 1 is 1.33 bits per heavy atom. The Hall–Kier alpha value is -1.10. The van der Waals surface area contributed by atoms with Crippen molar-refractivity contribution in [1.29, 1.82) is 0 Å². The van der Waals surface area contributed by atoms with E-state index in [1.165, 1.54) is 7.11 Å². The van der Waals surface area contributed by atoms with Crippen LogP contribution in [0.15, 0.2) is 24.3 Å². The van der Waals surface area contributed by atoms with E-state index in [0.29, 0.717) is 12.8 Å². The van der Waals surface area contributed by atoms with E-state index in [2.05, 4.69) is 0 Å². The zero-order valence-corrected chi connectivity index (χ0v) is 8.76. The van der Waals surface area contributed by atoms with Gasteiger partial charge < -0.3 is 20.7 Å². The number of aromatic hydroxyl groups is 1. The molecule has 0 radical (unpaired) electrons. The third-order valence-electron chi connectivity index (χ3n) is 2.21. The smallest absolute Gasteiger partial charge is 0.155 e. The summed E-state index contributed by atoms with van der Waals surface area (Å²) < 4.78 is 4.71. The fraction of sp³-hybridized carbons (Fsp3) is 0.455. The molecule has 1 aromatic carbocycles. The van der Waals surface area contributed by atoms with E-state index < -0.39 is 6.29 Å². The highest BCUT2D eigenvalue weighted by Gasteiger charge is 2.10. The number of aliphatic hydroxyl groups is 1. The molecule has 4 nitrogen and oxygen atoms in total. The lowest BCUT2D eigenvalue weighted by Crippen LogP contribution is -2.29. The molecule has 0 aliphatic heterocycles. The molecule has 4 N–H and O–H groups in total. The Morgan fingerprint density at radius 2 is 1.93 bits per heavy atom. The molecule has 84 valence electrons. The molecule has 2 atom stereocenters. The van der Waals surface area contributed by atoms with Crippen LogP contribution in [-0.4, -0.2) is 29.7 Å². The van der Waals surface area contributed by atoms with Crippen LogP contribution in [-0.2, 0) is 11.2 Å². The zero-order valence-electron chi connectivity index (χ0n) is 8.76. The summed E-state index contributed by atoms with van der Waals surface area (Å²) in [6, 6.07) is 6.72. The summed E-state index contributed by atoms with van der Waals surface area (Å²) in [6.45, 7) is 0. The average Bonchev–Trinajstić information content (AvgIpc) is 2.21. The Morgan fingerprint density at radius 3 is 2.47 bits per heavy atom. The van der Waals surface area contributed by atoms with Crippen molar-refractivity contribution in [1.82, 2.24) is 0 Å². The molecule has 4 heteroatoms. The molecule has 0 fully saturated rings. The van der Waals surface area contributed by atoms with Crippen LogP contribution in [0.3, 0.4) is 0 Å². The molecule has 1 unspecified atom stereocenters. The number of hydrogen-bond donors (Lipinski definition) is 3. The van der Waals surface area contributed by atoms with Crippen molar-refractivity contribution in [2.24, 2.45) is 5.73 Å². The average molecular weight is 211 g/mol. The Bertz CT molecular complexity index is 286. The minimum absolute atomic E-state index is 0.149. The van der Waals surface area contributed by atoms with Crippen molar-refractivity contribution in [3.63, 3.8) is 0 Å². The molecular formula is C11H17NO3. The van der Waals surface area contributed by atoms with Crippen LogP contribution in [0.5, 0.6) is 5.75 Å². The molecule has 0 saturated heterocycles. The van der Waals surface area contributed by atoms with Crippen molar-refractivity contribution in [2.75, 3.05) is 7.11 Å². The van der Waals surface area contributed by atoms with Crippen LogP contribution in [0.2, 0.25) is 0 Å². The molecule has 15 heavy (non-hydrogen) atoms. The van der Waals surface area contributed by atoms with Crippen molar-refractivity contribution < 1.29 is 14.9 Å². The van der Waals surface area contributed by atoms with Crippen molar-refractivity contribution in [3.8, 4) is 5.75 Å². The van der Waals surface area contributed by atoms with E-state index in [9.17, 15) is 5.11 Å². The van der Waals surface area contributed by atoms with Gasteiger partial charge in [0.2, 0.25) is 0 Å². The van der Waals surface area contributed by atoms with E-state index in [1.54, 1.807) is 12.1 Å². The Kier molecular flexibility index (Phi) is 4.55. The first-order chi connectivity index (χ1) is 7.11. The number of nitrogens with two attached hydrogens (primary N) is 1. The molecule has 1 aromatic rings. The minimum atomic E-state index is -0.808. The van der Waals surface area contributed by atoms with Crippen molar-refractivity contribution >= 4 is 0 Å². The third kappa shape index (κ3) is 4.29. The van der Waals surface area contributed by atoms with Crippen LogP contribution in [0, 0.1) is 0 Å². The lowest BCUT2D eigenvalue weighted by molar-refractivity contribution is -0.0814. The predicted octanol–water partition coefficient (Wildman–Crippen LogP) is 0.617. The highest BCUT2D eigenvalue weighted by Crippen LogP contribution is 2.12. The van der Waals surface area contributed by atoms with E-state index in [0.717, 1.165) is 5.56 Å². The van der Waals surface area contributed by atoms with Gasteiger partial charge in [0, 0.05) is 19.6 Å². The fourth-order valence-electron chi connectivity index (χ4n) is 1.37.